The van der Waals surface area contributed by atoms with Gasteiger partial charge in [-0.2, -0.15) is 0 Å². The minimum atomic E-state index is -1.44. The molecule has 4 rings (SSSR count). The summed E-state index contributed by atoms with van der Waals surface area (Å²) < 4.78 is 39.6. The lowest BCUT2D eigenvalue weighted by molar-refractivity contribution is 0.145. The van der Waals surface area contributed by atoms with Gasteiger partial charge < -0.3 is 24.3 Å². The Morgan fingerprint density at radius 2 is 1.72 bits per heavy atom. The van der Waals surface area contributed by atoms with Crippen LogP contribution < -0.4 is 9.47 Å². The van der Waals surface area contributed by atoms with Crippen LogP contribution in [-0.2, 0) is 19.8 Å². The van der Waals surface area contributed by atoms with Gasteiger partial charge in [0.1, 0.15) is 29.7 Å². The van der Waals surface area contributed by atoms with Crippen molar-refractivity contribution in [3.05, 3.63) is 95.2 Å². The van der Waals surface area contributed by atoms with Gasteiger partial charge in [0.25, 0.3) is 0 Å². The zero-order valence-corrected chi connectivity index (χ0v) is 16.8. The fraction of sp³-hybridized carbons (Fsp3) is 0.125. The highest BCUT2D eigenvalue weighted by Crippen LogP contribution is 2.32. The van der Waals surface area contributed by atoms with Crippen LogP contribution in [-0.4, -0.2) is 20.9 Å². The van der Waals surface area contributed by atoms with Gasteiger partial charge in [0.15, 0.2) is 0 Å². The molecule has 2 N–H and O–H groups in total. The van der Waals surface area contributed by atoms with Gasteiger partial charge in [0.05, 0.1) is 18.7 Å². The number of nitrogens with zero attached hydrogens (tertiary/aromatic N) is 1. The Morgan fingerprint density at radius 1 is 0.938 bits per heavy atom. The number of para-hydroxylation sites is 1. The zero-order chi connectivity index (χ0) is 22.7. The van der Waals surface area contributed by atoms with E-state index in [9.17, 15) is 18.7 Å². The smallest absolute Gasteiger partial charge is 0.488 e. The minimum Gasteiger partial charge on any atom is -0.488 e. The zero-order valence-electron chi connectivity index (χ0n) is 16.8. The van der Waals surface area contributed by atoms with Gasteiger partial charge in [-0.1, -0.05) is 24.3 Å². The number of aromatic nitrogens is 1. The molecule has 0 radical (unpaired) electrons. The maximum Gasteiger partial charge on any atom is 0.511 e. The highest BCUT2D eigenvalue weighted by molar-refractivity contribution is 5.91. The van der Waals surface area contributed by atoms with Crippen molar-refractivity contribution in [2.45, 2.75) is 19.8 Å². The maximum absolute atomic E-state index is 13.9. The Kier molecular flexibility index (Phi) is 6.04. The minimum absolute atomic E-state index is 0.0754. The fourth-order valence-corrected chi connectivity index (χ4v) is 3.59. The number of halogens is 2. The summed E-state index contributed by atoms with van der Waals surface area (Å²) in [6.45, 7) is -0.0331. The SMILES string of the molecule is O=C(O)Oc1cccc2c1c(CO)cn2Cc1ccccc1OCc1ccc(F)cc1F. The van der Waals surface area contributed by atoms with Crippen LogP contribution in [0.15, 0.2) is 66.9 Å². The number of rotatable bonds is 7. The molecule has 4 aromatic rings. The van der Waals surface area contributed by atoms with Crippen molar-refractivity contribution in [3.63, 3.8) is 0 Å². The van der Waals surface area contributed by atoms with E-state index in [1.165, 1.54) is 18.2 Å². The van der Waals surface area contributed by atoms with Crippen LogP contribution in [0.4, 0.5) is 13.6 Å². The molecule has 3 aromatic carbocycles. The van der Waals surface area contributed by atoms with Crippen LogP contribution in [0.1, 0.15) is 16.7 Å². The predicted octanol–water partition coefficient (Wildman–Crippen LogP) is 5.10. The van der Waals surface area contributed by atoms with Gasteiger partial charge in [-0.3, -0.25) is 0 Å². The number of benzene rings is 3. The first-order chi connectivity index (χ1) is 15.5. The standard InChI is InChI=1S/C24H19F2NO5/c25-18-9-8-16(19(26)10-18)14-31-21-6-2-1-4-15(21)11-27-12-17(13-28)23-20(27)5-3-7-22(23)32-24(29)30/h1-10,12,28H,11,13-14H2,(H,29,30). The fourth-order valence-electron chi connectivity index (χ4n) is 3.59. The molecule has 0 atom stereocenters. The molecule has 0 saturated heterocycles. The summed E-state index contributed by atoms with van der Waals surface area (Å²) in [5.41, 5.74) is 2.20. The molecule has 164 valence electrons. The summed E-state index contributed by atoms with van der Waals surface area (Å²) in [7, 11) is 0. The van der Waals surface area contributed by atoms with E-state index >= 15 is 0 Å². The van der Waals surface area contributed by atoms with E-state index < -0.39 is 17.8 Å². The Labute approximate surface area is 181 Å². The van der Waals surface area contributed by atoms with Crippen LogP contribution in [0.25, 0.3) is 10.9 Å². The van der Waals surface area contributed by atoms with Gasteiger partial charge in [-0.25, -0.2) is 13.6 Å². The molecule has 0 bridgehead atoms. The van der Waals surface area contributed by atoms with Crippen molar-refractivity contribution in [2.75, 3.05) is 0 Å². The topological polar surface area (TPSA) is 80.9 Å². The Balaban J connectivity index is 1.64. The summed E-state index contributed by atoms with van der Waals surface area (Å²) in [6.07, 6.45) is 0.274. The molecule has 0 spiro atoms. The van der Waals surface area contributed by atoms with Crippen molar-refractivity contribution in [2.24, 2.45) is 0 Å². The average Bonchev–Trinajstić information content (AvgIpc) is 3.12. The second-order valence-corrected chi connectivity index (χ2v) is 7.09. The quantitative estimate of drug-likeness (QED) is 0.310. The third-order valence-corrected chi connectivity index (χ3v) is 5.03. The number of fused-ring (bicyclic) bond motifs is 1. The highest BCUT2D eigenvalue weighted by atomic mass is 19.1. The van der Waals surface area contributed by atoms with Crippen LogP contribution in [0.3, 0.4) is 0 Å². The summed E-state index contributed by atoms with van der Waals surface area (Å²) in [6, 6.07) is 15.5. The van der Waals surface area contributed by atoms with E-state index in [4.69, 9.17) is 14.6 Å². The molecule has 1 aromatic heterocycles. The van der Waals surface area contributed by atoms with Crippen LogP contribution in [0.2, 0.25) is 0 Å². The number of aliphatic hydroxyl groups is 1. The lowest BCUT2D eigenvalue weighted by Gasteiger charge is -2.13. The molecule has 0 aliphatic rings. The molecule has 0 fully saturated rings. The molecule has 0 amide bonds. The van der Waals surface area contributed by atoms with Gasteiger partial charge in [0, 0.05) is 34.3 Å². The average molecular weight is 439 g/mol. The second-order valence-electron chi connectivity index (χ2n) is 7.09. The predicted molar refractivity (Wildman–Crippen MR) is 113 cm³/mol. The Morgan fingerprint density at radius 3 is 2.47 bits per heavy atom. The highest BCUT2D eigenvalue weighted by Gasteiger charge is 2.16. The molecule has 8 heteroatoms. The number of aliphatic hydroxyl groups excluding tert-OH is 1. The van der Waals surface area contributed by atoms with E-state index in [0.29, 0.717) is 28.8 Å². The van der Waals surface area contributed by atoms with Crippen LogP contribution >= 0.6 is 0 Å². The normalized spacial score (nSPS) is 11.0. The molecule has 6 nitrogen and oxygen atoms in total. The van der Waals surface area contributed by atoms with Crippen LogP contribution in [0.5, 0.6) is 11.5 Å². The summed E-state index contributed by atoms with van der Waals surface area (Å²) in [4.78, 5) is 11.0. The summed E-state index contributed by atoms with van der Waals surface area (Å²) >= 11 is 0. The van der Waals surface area contributed by atoms with E-state index in [2.05, 4.69) is 0 Å². The number of carboxylic acid groups (broad SMARTS) is 1. The Hall–Kier alpha value is -3.91. The molecule has 1 heterocycles. The molecule has 0 saturated carbocycles. The summed E-state index contributed by atoms with van der Waals surface area (Å²) in [5, 5.41) is 19.3. The van der Waals surface area contributed by atoms with Gasteiger partial charge in [0.2, 0.25) is 0 Å². The van der Waals surface area contributed by atoms with Crippen molar-refractivity contribution in [1.82, 2.24) is 4.57 Å². The largest absolute Gasteiger partial charge is 0.511 e. The Bertz CT molecular complexity index is 1280. The maximum atomic E-state index is 13.9. The van der Waals surface area contributed by atoms with E-state index in [-0.39, 0.29) is 24.5 Å². The first-order valence-electron chi connectivity index (χ1n) is 9.73. The van der Waals surface area contributed by atoms with Crippen LogP contribution in [0, 0.1) is 11.6 Å². The third-order valence-electron chi connectivity index (χ3n) is 5.03. The second kappa shape index (κ2) is 9.07. The molecule has 0 aliphatic carbocycles. The molecule has 32 heavy (non-hydrogen) atoms. The van der Waals surface area contributed by atoms with Gasteiger partial charge in [-0.15, -0.1) is 0 Å². The molecular weight excluding hydrogens is 420 g/mol. The van der Waals surface area contributed by atoms with E-state index in [0.717, 1.165) is 11.6 Å². The van der Waals surface area contributed by atoms with E-state index in [1.807, 2.05) is 16.7 Å². The van der Waals surface area contributed by atoms with Crippen molar-refractivity contribution in [1.29, 1.82) is 0 Å². The molecular formula is C24H19F2NO5. The number of hydrogen-bond donors (Lipinski definition) is 2. The lowest BCUT2D eigenvalue weighted by atomic mass is 10.1. The monoisotopic (exact) mass is 439 g/mol. The van der Waals surface area contributed by atoms with Gasteiger partial charge >= 0.3 is 6.16 Å². The summed E-state index contributed by atoms with van der Waals surface area (Å²) in [5.74, 6) is -0.690. The van der Waals surface area contributed by atoms with E-state index in [1.54, 1.807) is 30.5 Å². The number of ether oxygens (including phenoxy) is 2. The van der Waals surface area contributed by atoms with Gasteiger partial charge in [-0.05, 0) is 30.3 Å². The number of carbonyl (C=O) groups is 1. The lowest BCUT2D eigenvalue weighted by Crippen LogP contribution is -2.05. The van der Waals surface area contributed by atoms with Crippen molar-refractivity contribution in [3.8, 4) is 11.5 Å². The van der Waals surface area contributed by atoms with Crippen molar-refractivity contribution < 1.29 is 33.3 Å². The van der Waals surface area contributed by atoms with Crippen molar-refractivity contribution >= 4 is 17.1 Å². The first-order valence-corrected chi connectivity index (χ1v) is 9.73. The molecule has 0 unspecified atom stereocenters. The molecule has 0 aliphatic heterocycles. The third kappa shape index (κ3) is 4.40. The number of hydrogen-bond acceptors (Lipinski definition) is 4. The first kappa shape index (κ1) is 21.3.